The lowest BCUT2D eigenvalue weighted by molar-refractivity contribution is -0.385. The number of non-ortho nitro benzene ring substituents is 1. The van der Waals surface area contributed by atoms with Crippen LogP contribution in [0.15, 0.2) is 79.0 Å². The SMILES string of the molecule is COc1ccc([Si](C)(C)[C@H]2[C@H](CCn3cc(CCO)nn3)O[C@@]3(C(=O)N(Cc4ccccc4)c4ccc([N+](=O)[O-])cc43)[C@@H]2C)cc1. The lowest BCUT2D eigenvalue weighted by Crippen LogP contribution is -2.51. The van der Waals surface area contributed by atoms with Crippen molar-refractivity contribution in [1.29, 1.82) is 0 Å². The van der Waals surface area contributed by atoms with Crippen LogP contribution in [0, 0.1) is 16.0 Å². The number of ether oxygens (including phenoxy) is 2. The highest BCUT2D eigenvalue weighted by Crippen LogP contribution is 2.60. The number of nitro groups is 1. The molecule has 3 aromatic carbocycles. The normalized spacial score (nSPS) is 22.4. The van der Waals surface area contributed by atoms with E-state index in [9.17, 15) is 20.0 Å². The van der Waals surface area contributed by atoms with Crippen LogP contribution in [0.25, 0.3) is 0 Å². The number of rotatable bonds is 11. The van der Waals surface area contributed by atoms with Gasteiger partial charge < -0.3 is 19.5 Å². The van der Waals surface area contributed by atoms with Crippen LogP contribution in [0.4, 0.5) is 11.4 Å². The van der Waals surface area contributed by atoms with Gasteiger partial charge in [-0.2, -0.15) is 0 Å². The van der Waals surface area contributed by atoms with Crippen molar-refractivity contribution in [2.45, 2.75) is 63.2 Å². The summed E-state index contributed by atoms with van der Waals surface area (Å²) < 4.78 is 14.3. The van der Waals surface area contributed by atoms with Gasteiger partial charge in [0.1, 0.15) is 5.75 Å². The third kappa shape index (κ3) is 5.39. The first-order valence-corrected chi connectivity index (χ1v) is 18.6. The third-order valence-electron chi connectivity index (χ3n) is 9.81. The maximum absolute atomic E-state index is 14.8. The summed E-state index contributed by atoms with van der Waals surface area (Å²) >= 11 is 0. The van der Waals surface area contributed by atoms with Crippen LogP contribution in [-0.2, 0) is 34.6 Å². The molecule has 1 N–H and O–H groups in total. The van der Waals surface area contributed by atoms with E-state index in [-0.39, 0.29) is 35.8 Å². The van der Waals surface area contributed by atoms with Gasteiger partial charge in [0.2, 0.25) is 0 Å². The maximum atomic E-state index is 14.8. The fourth-order valence-corrected chi connectivity index (χ4v) is 11.6. The Labute approximate surface area is 268 Å². The Bertz CT molecular complexity index is 1730. The van der Waals surface area contributed by atoms with E-state index in [4.69, 9.17) is 9.47 Å². The summed E-state index contributed by atoms with van der Waals surface area (Å²) in [5.74, 6) is 0.277. The van der Waals surface area contributed by atoms with Crippen LogP contribution >= 0.6 is 0 Å². The molecule has 240 valence electrons. The number of nitro benzene ring substituents is 1. The van der Waals surface area contributed by atoms with E-state index in [2.05, 4.69) is 42.5 Å². The van der Waals surface area contributed by atoms with Crippen molar-refractivity contribution in [3.05, 3.63) is 106 Å². The molecule has 12 heteroatoms. The van der Waals surface area contributed by atoms with Crippen molar-refractivity contribution < 1.29 is 24.3 Å². The quantitative estimate of drug-likeness (QED) is 0.143. The number of methoxy groups -OCH3 is 1. The molecule has 0 unspecified atom stereocenters. The molecule has 0 radical (unpaired) electrons. The topological polar surface area (TPSA) is 133 Å². The Balaban J connectivity index is 1.45. The second-order valence-electron chi connectivity index (χ2n) is 12.7. The van der Waals surface area contributed by atoms with E-state index in [1.54, 1.807) is 22.8 Å². The Kier molecular flexibility index (Phi) is 8.53. The number of aliphatic hydroxyl groups excluding tert-OH is 1. The molecule has 4 aromatic rings. The van der Waals surface area contributed by atoms with Gasteiger partial charge in [0.25, 0.3) is 11.6 Å². The maximum Gasteiger partial charge on any atom is 0.269 e. The number of aliphatic hydroxyl groups is 1. The molecule has 3 heterocycles. The second kappa shape index (κ2) is 12.4. The van der Waals surface area contributed by atoms with E-state index in [0.717, 1.165) is 11.3 Å². The second-order valence-corrected chi connectivity index (χ2v) is 17.4. The molecule has 11 nitrogen and oxygen atoms in total. The monoisotopic (exact) mass is 641 g/mol. The standard InChI is InChI=1S/C34H39N5O6Si/c1-23-32(46(3,4)28-13-11-27(44-2)12-14-28)31(16-18-37-22-25(17-19-40)35-36-37)45-34(23)29-20-26(39(42)43)10-15-30(29)38(33(34)41)21-24-8-6-5-7-9-24/h5-15,20,22-23,31-32,40H,16-19,21H2,1-4H3/t23-,31+,32-,34+/m1/s1. The fourth-order valence-electron chi connectivity index (χ4n) is 7.54. The van der Waals surface area contributed by atoms with Crippen LogP contribution in [0.3, 0.4) is 0 Å². The van der Waals surface area contributed by atoms with Gasteiger partial charge in [-0.25, -0.2) is 0 Å². The molecular formula is C34H39N5O6Si. The van der Waals surface area contributed by atoms with Gasteiger partial charge in [0.15, 0.2) is 5.60 Å². The molecule has 1 fully saturated rings. The first kappa shape index (κ1) is 31.6. The van der Waals surface area contributed by atoms with Gasteiger partial charge >= 0.3 is 0 Å². The average Bonchev–Trinajstić information content (AvgIpc) is 3.70. The molecule has 2 aliphatic rings. The number of fused-ring (bicyclic) bond motifs is 2. The minimum atomic E-state index is -2.39. The summed E-state index contributed by atoms with van der Waals surface area (Å²) in [7, 11) is -0.751. The summed E-state index contributed by atoms with van der Waals surface area (Å²) in [6.45, 7) is 7.49. The van der Waals surface area contributed by atoms with Crippen LogP contribution in [-0.4, -0.2) is 58.8 Å². The Morgan fingerprint density at radius 2 is 1.85 bits per heavy atom. The van der Waals surface area contributed by atoms with E-state index in [0.29, 0.717) is 42.9 Å². The molecule has 1 amide bonds. The average molecular weight is 642 g/mol. The van der Waals surface area contributed by atoms with Gasteiger partial charge in [-0.15, -0.1) is 5.10 Å². The first-order valence-electron chi connectivity index (χ1n) is 15.6. The zero-order valence-corrected chi connectivity index (χ0v) is 27.5. The summed E-state index contributed by atoms with van der Waals surface area (Å²) in [5.41, 5.74) is 1.34. The lowest BCUT2D eigenvalue weighted by Gasteiger charge is -2.37. The van der Waals surface area contributed by atoms with Crippen LogP contribution in [0.5, 0.6) is 5.75 Å². The lowest BCUT2D eigenvalue weighted by atomic mass is 9.82. The Morgan fingerprint density at radius 1 is 1.11 bits per heavy atom. The molecular weight excluding hydrogens is 602 g/mol. The van der Waals surface area contributed by atoms with Gasteiger partial charge in [0.05, 0.1) is 44.1 Å². The number of carbonyl (C=O) groups excluding carboxylic acids is 1. The smallest absolute Gasteiger partial charge is 0.269 e. The van der Waals surface area contributed by atoms with E-state index >= 15 is 0 Å². The van der Waals surface area contributed by atoms with Gasteiger partial charge in [-0.05, 0) is 35.7 Å². The molecule has 1 saturated heterocycles. The zero-order chi connectivity index (χ0) is 32.6. The minimum absolute atomic E-state index is 0.0126. The molecule has 46 heavy (non-hydrogen) atoms. The van der Waals surface area contributed by atoms with Crippen LogP contribution < -0.4 is 14.8 Å². The number of nitrogens with zero attached hydrogens (tertiary/aromatic N) is 5. The van der Waals surface area contributed by atoms with Gasteiger partial charge in [0, 0.05) is 49.4 Å². The number of amides is 1. The van der Waals surface area contributed by atoms with Crippen LogP contribution in [0.1, 0.15) is 30.2 Å². The van der Waals surface area contributed by atoms with Crippen molar-refractivity contribution in [2.24, 2.45) is 5.92 Å². The number of carbonyl (C=O) groups is 1. The summed E-state index contributed by atoms with van der Waals surface area (Å²) in [6, 6.07) is 22.6. The van der Waals surface area contributed by atoms with Crippen molar-refractivity contribution in [1.82, 2.24) is 15.0 Å². The van der Waals surface area contributed by atoms with Gasteiger partial charge in [-0.1, -0.05) is 72.9 Å². The molecule has 6 rings (SSSR count). The molecule has 4 atom stereocenters. The third-order valence-corrected chi connectivity index (χ3v) is 14.2. The van der Waals surface area contributed by atoms with Crippen molar-refractivity contribution in [2.75, 3.05) is 18.6 Å². The summed E-state index contributed by atoms with van der Waals surface area (Å²) in [6.07, 6.45) is 2.45. The van der Waals surface area contributed by atoms with Gasteiger partial charge in [-0.3, -0.25) is 19.6 Å². The summed E-state index contributed by atoms with van der Waals surface area (Å²) in [5, 5.41) is 31.0. The highest BCUT2D eigenvalue weighted by Gasteiger charge is 2.66. The highest BCUT2D eigenvalue weighted by molar-refractivity contribution is 6.91. The number of anilines is 1. The number of hydrogen-bond donors (Lipinski definition) is 1. The van der Waals surface area contributed by atoms with E-state index in [1.807, 2.05) is 48.7 Å². The highest BCUT2D eigenvalue weighted by atomic mass is 28.3. The predicted octanol–water partition coefficient (Wildman–Crippen LogP) is 4.58. The van der Waals surface area contributed by atoms with Crippen molar-refractivity contribution >= 4 is 30.5 Å². The fraction of sp³-hybridized carbons (Fsp3) is 0.382. The summed E-state index contributed by atoms with van der Waals surface area (Å²) in [4.78, 5) is 28.2. The van der Waals surface area contributed by atoms with Crippen LogP contribution in [0.2, 0.25) is 18.6 Å². The number of hydrogen-bond acceptors (Lipinski definition) is 8. The Hall–Kier alpha value is -4.39. The molecule has 0 saturated carbocycles. The minimum Gasteiger partial charge on any atom is -0.497 e. The molecule has 0 aliphatic carbocycles. The number of aryl methyl sites for hydroxylation is 1. The molecule has 1 aromatic heterocycles. The zero-order valence-electron chi connectivity index (χ0n) is 26.5. The Morgan fingerprint density at radius 3 is 2.52 bits per heavy atom. The first-order chi connectivity index (χ1) is 22.1. The van der Waals surface area contributed by atoms with Crippen molar-refractivity contribution in [3.63, 3.8) is 0 Å². The van der Waals surface area contributed by atoms with E-state index < -0.39 is 18.6 Å². The largest absolute Gasteiger partial charge is 0.497 e. The molecule has 2 aliphatic heterocycles. The van der Waals surface area contributed by atoms with Crippen molar-refractivity contribution in [3.8, 4) is 5.75 Å². The number of benzene rings is 3. The number of aromatic nitrogens is 3. The van der Waals surface area contributed by atoms with E-state index in [1.165, 1.54) is 17.3 Å². The molecule has 1 spiro atoms. The predicted molar refractivity (Wildman–Crippen MR) is 176 cm³/mol. The molecule has 0 bridgehead atoms.